The van der Waals surface area contributed by atoms with Gasteiger partial charge in [-0.25, -0.2) is 4.98 Å². The van der Waals surface area contributed by atoms with E-state index in [1.54, 1.807) is 6.07 Å². The van der Waals surface area contributed by atoms with Gasteiger partial charge < -0.3 is 21.3 Å². The van der Waals surface area contributed by atoms with E-state index in [1.165, 1.54) is 6.20 Å². The first-order chi connectivity index (χ1) is 16.8. The van der Waals surface area contributed by atoms with Gasteiger partial charge in [0.15, 0.2) is 5.82 Å². The fourth-order valence-electron chi connectivity index (χ4n) is 4.14. The van der Waals surface area contributed by atoms with Crippen molar-refractivity contribution < 1.29 is 9.59 Å². The monoisotopic (exact) mass is 490 g/mol. The second kappa shape index (κ2) is 9.19. The highest BCUT2D eigenvalue weighted by atomic mass is 35.5. The number of fused-ring (bicyclic) bond motifs is 1. The van der Waals surface area contributed by atoms with Crippen molar-refractivity contribution in [2.75, 3.05) is 17.2 Å². The van der Waals surface area contributed by atoms with Crippen LogP contribution in [0.25, 0.3) is 0 Å². The van der Waals surface area contributed by atoms with Gasteiger partial charge in [-0.2, -0.15) is 4.98 Å². The molecule has 0 saturated heterocycles. The molecule has 1 saturated carbocycles. The minimum atomic E-state index is -0.211. The maximum absolute atomic E-state index is 12.7. The summed E-state index contributed by atoms with van der Waals surface area (Å²) in [5, 5.41) is 12.8. The molecule has 8 nitrogen and oxygen atoms in total. The van der Waals surface area contributed by atoms with E-state index in [4.69, 9.17) is 11.6 Å². The molecule has 1 aliphatic heterocycles. The van der Waals surface area contributed by atoms with Crippen LogP contribution in [0.1, 0.15) is 48.2 Å². The van der Waals surface area contributed by atoms with Crippen molar-refractivity contribution in [2.45, 2.75) is 44.6 Å². The lowest BCUT2D eigenvalue weighted by Crippen LogP contribution is -2.34. The van der Waals surface area contributed by atoms with E-state index in [9.17, 15) is 9.59 Å². The van der Waals surface area contributed by atoms with Gasteiger partial charge in [-0.3, -0.25) is 9.59 Å². The highest BCUT2D eigenvalue weighted by molar-refractivity contribution is 6.33. The van der Waals surface area contributed by atoms with Crippen LogP contribution in [0.2, 0.25) is 5.02 Å². The first-order valence-corrected chi connectivity index (χ1v) is 12.0. The SMILES string of the molecule is CC1(C)CNC(=O)Cc2ccc(Nc3ncc(Cl)c(Nc4ccccc4C(=O)NC4CC4)n3)cc21. The summed E-state index contributed by atoms with van der Waals surface area (Å²) in [4.78, 5) is 33.6. The highest BCUT2D eigenvalue weighted by Gasteiger charge is 2.29. The molecule has 0 radical (unpaired) electrons. The minimum Gasteiger partial charge on any atom is -0.355 e. The summed E-state index contributed by atoms with van der Waals surface area (Å²) in [5.41, 5.74) is 3.85. The largest absolute Gasteiger partial charge is 0.355 e. The summed E-state index contributed by atoms with van der Waals surface area (Å²) in [6.45, 7) is 4.79. The summed E-state index contributed by atoms with van der Waals surface area (Å²) < 4.78 is 0. The topological polar surface area (TPSA) is 108 Å². The first kappa shape index (κ1) is 23.1. The van der Waals surface area contributed by atoms with Crippen molar-refractivity contribution >= 4 is 46.6 Å². The molecule has 2 heterocycles. The van der Waals surface area contributed by atoms with Crippen molar-refractivity contribution in [3.05, 3.63) is 70.4 Å². The van der Waals surface area contributed by atoms with Crippen LogP contribution in [-0.2, 0) is 16.6 Å². The lowest BCUT2D eigenvalue weighted by molar-refractivity contribution is -0.120. The standard InChI is InChI=1S/C26H27ClN6O2/c1-26(2)14-29-22(34)11-15-7-8-17(12-19(15)26)31-25-28-13-20(27)23(33-25)32-21-6-4-3-5-18(21)24(35)30-16-9-10-16/h3-8,12-13,16H,9-11,14H2,1-2H3,(H,29,34)(H,30,35)(H2,28,31,32,33). The van der Waals surface area contributed by atoms with Gasteiger partial charge in [0.25, 0.3) is 5.91 Å². The fourth-order valence-corrected chi connectivity index (χ4v) is 4.28. The molecular weight excluding hydrogens is 464 g/mol. The van der Waals surface area contributed by atoms with Gasteiger partial charge in [-0.05, 0) is 48.2 Å². The van der Waals surface area contributed by atoms with E-state index in [0.29, 0.717) is 41.0 Å². The van der Waals surface area contributed by atoms with Crippen LogP contribution in [0.15, 0.2) is 48.7 Å². The van der Waals surface area contributed by atoms with Crippen LogP contribution in [0, 0.1) is 0 Å². The summed E-state index contributed by atoms with van der Waals surface area (Å²) in [5.74, 6) is 0.651. The Morgan fingerprint density at radius 3 is 2.74 bits per heavy atom. The predicted octanol–water partition coefficient (Wildman–Crippen LogP) is 4.46. The normalized spacial score (nSPS) is 16.5. The molecule has 2 aliphatic rings. The maximum atomic E-state index is 12.7. The number of aromatic nitrogens is 2. The molecule has 0 atom stereocenters. The van der Waals surface area contributed by atoms with Crippen molar-refractivity contribution in [3.63, 3.8) is 0 Å². The average molecular weight is 491 g/mol. The van der Waals surface area contributed by atoms with Crippen LogP contribution in [0.3, 0.4) is 0 Å². The molecule has 2 amide bonds. The minimum absolute atomic E-state index is 0.0281. The summed E-state index contributed by atoms with van der Waals surface area (Å²) in [6, 6.07) is 13.4. The summed E-state index contributed by atoms with van der Waals surface area (Å²) >= 11 is 6.38. The van der Waals surface area contributed by atoms with E-state index >= 15 is 0 Å². The van der Waals surface area contributed by atoms with Crippen LogP contribution < -0.4 is 21.3 Å². The second-order valence-electron chi connectivity index (χ2n) is 9.64. The number of anilines is 4. The van der Waals surface area contributed by atoms with Gasteiger partial charge in [0.2, 0.25) is 11.9 Å². The van der Waals surface area contributed by atoms with Crippen molar-refractivity contribution in [3.8, 4) is 0 Å². The molecule has 5 rings (SSSR count). The van der Waals surface area contributed by atoms with E-state index < -0.39 is 0 Å². The Morgan fingerprint density at radius 2 is 1.94 bits per heavy atom. The zero-order valence-corrected chi connectivity index (χ0v) is 20.4. The van der Waals surface area contributed by atoms with Crippen molar-refractivity contribution in [1.29, 1.82) is 0 Å². The molecule has 0 unspecified atom stereocenters. The van der Waals surface area contributed by atoms with Crippen molar-refractivity contribution in [1.82, 2.24) is 20.6 Å². The molecule has 0 spiro atoms. The number of carbonyl (C=O) groups is 2. The maximum Gasteiger partial charge on any atom is 0.253 e. The molecule has 2 aromatic carbocycles. The molecule has 1 aromatic heterocycles. The van der Waals surface area contributed by atoms with Crippen LogP contribution in [0.5, 0.6) is 0 Å². The van der Waals surface area contributed by atoms with E-state index in [0.717, 1.165) is 29.7 Å². The Bertz CT molecular complexity index is 1300. The van der Waals surface area contributed by atoms with Gasteiger partial charge >= 0.3 is 0 Å². The Kier molecular flexibility index (Phi) is 6.06. The van der Waals surface area contributed by atoms with Gasteiger partial charge in [0, 0.05) is 23.7 Å². The smallest absolute Gasteiger partial charge is 0.253 e. The third kappa shape index (κ3) is 5.22. The molecule has 180 valence electrons. The second-order valence-corrected chi connectivity index (χ2v) is 10.0. The zero-order chi connectivity index (χ0) is 24.6. The Morgan fingerprint density at radius 1 is 1.14 bits per heavy atom. The van der Waals surface area contributed by atoms with Gasteiger partial charge in [-0.1, -0.05) is 43.6 Å². The predicted molar refractivity (Wildman–Crippen MR) is 137 cm³/mol. The first-order valence-electron chi connectivity index (χ1n) is 11.6. The number of carbonyl (C=O) groups excluding carboxylic acids is 2. The number of hydrogen-bond donors (Lipinski definition) is 4. The summed E-state index contributed by atoms with van der Waals surface area (Å²) in [6.07, 6.45) is 3.90. The molecule has 4 N–H and O–H groups in total. The molecule has 1 aliphatic carbocycles. The lowest BCUT2D eigenvalue weighted by atomic mass is 9.81. The average Bonchev–Trinajstić information content (AvgIpc) is 3.66. The molecule has 9 heteroatoms. The van der Waals surface area contributed by atoms with Crippen molar-refractivity contribution in [2.24, 2.45) is 0 Å². The molecule has 3 aromatic rings. The zero-order valence-electron chi connectivity index (χ0n) is 19.6. The van der Waals surface area contributed by atoms with Gasteiger partial charge in [0.05, 0.1) is 23.9 Å². The molecule has 1 fully saturated rings. The van der Waals surface area contributed by atoms with Crippen LogP contribution in [-0.4, -0.2) is 34.4 Å². The number of benzene rings is 2. The summed E-state index contributed by atoms with van der Waals surface area (Å²) in [7, 11) is 0. The van der Waals surface area contributed by atoms with Crippen LogP contribution in [0.4, 0.5) is 23.1 Å². The van der Waals surface area contributed by atoms with Gasteiger partial charge in [-0.15, -0.1) is 0 Å². The number of hydrogen-bond acceptors (Lipinski definition) is 6. The third-order valence-corrected chi connectivity index (χ3v) is 6.53. The van der Waals surface area contributed by atoms with E-state index in [-0.39, 0.29) is 23.3 Å². The number of rotatable bonds is 6. The van der Waals surface area contributed by atoms with E-state index in [2.05, 4.69) is 45.1 Å². The lowest BCUT2D eigenvalue weighted by Gasteiger charge is -2.25. The number of nitrogens with one attached hydrogen (secondary N) is 4. The fraction of sp³-hybridized carbons (Fsp3) is 0.308. The quantitative estimate of drug-likeness (QED) is 0.406. The molecule has 0 bridgehead atoms. The Labute approximate surface area is 208 Å². The van der Waals surface area contributed by atoms with Gasteiger partial charge in [0.1, 0.15) is 5.02 Å². The number of nitrogens with zero attached hydrogens (tertiary/aromatic N) is 2. The van der Waals surface area contributed by atoms with Crippen LogP contribution >= 0.6 is 11.6 Å². The highest BCUT2D eigenvalue weighted by Crippen LogP contribution is 2.32. The molecular formula is C26H27ClN6O2. The number of amides is 2. The Balaban J connectivity index is 1.39. The Hall–Kier alpha value is -3.65. The third-order valence-electron chi connectivity index (χ3n) is 6.26. The number of halogens is 1. The van der Waals surface area contributed by atoms with E-state index in [1.807, 2.05) is 36.4 Å². The number of para-hydroxylation sites is 1. The molecule has 35 heavy (non-hydrogen) atoms.